The highest BCUT2D eigenvalue weighted by Crippen LogP contribution is 2.19. The molecule has 2 rings (SSSR count). The van der Waals surface area contributed by atoms with Crippen molar-refractivity contribution >= 4 is 21.9 Å². The molecule has 0 spiro atoms. The predicted molar refractivity (Wildman–Crippen MR) is 66.9 cm³/mol. The van der Waals surface area contributed by atoms with E-state index in [-0.39, 0.29) is 0 Å². The van der Waals surface area contributed by atoms with E-state index in [1.807, 2.05) is 12.1 Å². The van der Waals surface area contributed by atoms with Crippen molar-refractivity contribution in [3.63, 3.8) is 0 Å². The maximum atomic E-state index is 6.63. The van der Waals surface area contributed by atoms with Gasteiger partial charge in [-0.3, -0.25) is 0 Å². The van der Waals surface area contributed by atoms with Gasteiger partial charge in [-0.05, 0) is 17.7 Å². The molecule has 2 N–H and O–H groups in total. The second-order valence-corrected chi connectivity index (χ2v) is 4.47. The van der Waals surface area contributed by atoms with E-state index in [0.717, 1.165) is 17.6 Å². The third-order valence-corrected chi connectivity index (χ3v) is 3.05. The highest BCUT2D eigenvalue weighted by Gasteiger charge is 2.18. The number of nitrogens with zero attached hydrogens (tertiary/aromatic N) is 2. The SMILES string of the molecule is [C-]#[N+]N=C1NCC(c2ccc(Br)cc2)CN1. The van der Waals surface area contributed by atoms with Crippen molar-refractivity contribution < 1.29 is 0 Å². The Morgan fingerprint density at radius 3 is 2.44 bits per heavy atom. The van der Waals surface area contributed by atoms with Crippen molar-refractivity contribution in [1.29, 1.82) is 0 Å². The van der Waals surface area contributed by atoms with Crippen LogP contribution in [0.1, 0.15) is 11.5 Å². The topological polar surface area (TPSA) is 40.8 Å². The van der Waals surface area contributed by atoms with Gasteiger partial charge in [-0.15, -0.1) is 4.95 Å². The molecule has 0 radical (unpaired) electrons. The maximum absolute atomic E-state index is 6.63. The summed E-state index contributed by atoms with van der Waals surface area (Å²) in [5.74, 6) is 0.987. The fourth-order valence-corrected chi connectivity index (χ4v) is 1.93. The molecule has 0 atom stereocenters. The fraction of sp³-hybridized carbons (Fsp3) is 0.273. The second kappa shape index (κ2) is 4.99. The zero-order valence-electron chi connectivity index (χ0n) is 8.57. The summed E-state index contributed by atoms with van der Waals surface area (Å²) < 4.78 is 1.09. The van der Waals surface area contributed by atoms with Gasteiger partial charge in [0, 0.05) is 23.5 Å². The molecule has 5 heteroatoms. The largest absolute Gasteiger partial charge is 0.350 e. The monoisotopic (exact) mass is 278 g/mol. The van der Waals surface area contributed by atoms with Gasteiger partial charge in [-0.25, -0.2) is 0 Å². The van der Waals surface area contributed by atoms with Gasteiger partial charge >= 0.3 is 0 Å². The van der Waals surface area contributed by atoms with E-state index in [4.69, 9.17) is 6.57 Å². The summed E-state index contributed by atoms with van der Waals surface area (Å²) >= 11 is 3.42. The van der Waals surface area contributed by atoms with E-state index in [0.29, 0.717) is 11.9 Å². The molecule has 1 aliphatic heterocycles. The van der Waals surface area contributed by atoms with Gasteiger partial charge in [0.15, 0.2) is 0 Å². The van der Waals surface area contributed by atoms with Gasteiger partial charge in [0.05, 0.1) is 0 Å². The van der Waals surface area contributed by atoms with Gasteiger partial charge in [-0.2, -0.15) is 6.57 Å². The molecule has 0 unspecified atom stereocenters. The highest BCUT2D eigenvalue weighted by molar-refractivity contribution is 9.10. The number of hydrogen-bond donors (Lipinski definition) is 2. The quantitative estimate of drug-likeness (QED) is 0.609. The third-order valence-electron chi connectivity index (χ3n) is 2.52. The van der Waals surface area contributed by atoms with Gasteiger partial charge in [-0.1, -0.05) is 28.1 Å². The number of guanidine groups is 1. The summed E-state index contributed by atoms with van der Waals surface area (Å²) in [5, 5.41) is 9.80. The molecule has 0 amide bonds. The molecule has 1 fully saturated rings. The Hall–Kier alpha value is -1.54. The summed E-state index contributed by atoms with van der Waals surface area (Å²) in [6.45, 7) is 8.25. The first-order chi connectivity index (χ1) is 7.79. The van der Waals surface area contributed by atoms with Crippen molar-refractivity contribution in [3.8, 4) is 0 Å². The maximum Gasteiger partial charge on any atom is 0.277 e. The van der Waals surface area contributed by atoms with Crippen molar-refractivity contribution in [1.82, 2.24) is 10.6 Å². The number of nitrogens with one attached hydrogen (secondary N) is 2. The minimum Gasteiger partial charge on any atom is -0.350 e. The normalized spacial score (nSPS) is 19.2. The molecule has 1 aromatic rings. The Morgan fingerprint density at radius 2 is 1.88 bits per heavy atom. The van der Waals surface area contributed by atoms with Crippen molar-refractivity contribution in [2.24, 2.45) is 5.10 Å². The van der Waals surface area contributed by atoms with Crippen LogP contribution in [0.3, 0.4) is 0 Å². The van der Waals surface area contributed by atoms with Crippen LogP contribution in [-0.4, -0.2) is 19.0 Å². The summed E-state index contributed by atoms with van der Waals surface area (Å²) in [6, 6.07) is 8.29. The fourth-order valence-electron chi connectivity index (χ4n) is 1.67. The Balaban J connectivity index is 2.02. The minimum atomic E-state index is 0.415. The first-order valence-electron chi connectivity index (χ1n) is 4.97. The van der Waals surface area contributed by atoms with Crippen LogP contribution in [-0.2, 0) is 0 Å². The summed E-state index contributed by atoms with van der Waals surface area (Å²) in [4.78, 5) is 2.98. The highest BCUT2D eigenvalue weighted by atomic mass is 79.9. The van der Waals surface area contributed by atoms with Crippen molar-refractivity contribution in [3.05, 3.63) is 45.8 Å². The van der Waals surface area contributed by atoms with Crippen molar-refractivity contribution in [2.75, 3.05) is 13.1 Å². The lowest BCUT2D eigenvalue weighted by molar-refractivity contribution is 0.582. The molecule has 0 saturated carbocycles. The summed E-state index contributed by atoms with van der Waals surface area (Å²) in [7, 11) is 0. The Morgan fingerprint density at radius 1 is 1.25 bits per heavy atom. The van der Waals surface area contributed by atoms with Crippen LogP contribution < -0.4 is 10.6 Å². The number of hydrogen-bond acceptors (Lipinski definition) is 1. The molecule has 1 aliphatic rings. The van der Waals surface area contributed by atoms with E-state index in [9.17, 15) is 0 Å². The van der Waals surface area contributed by atoms with Gasteiger partial charge in [0.1, 0.15) is 5.10 Å². The minimum absolute atomic E-state index is 0.415. The van der Waals surface area contributed by atoms with E-state index < -0.39 is 0 Å². The van der Waals surface area contributed by atoms with Crippen LogP contribution in [0, 0.1) is 6.57 Å². The van der Waals surface area contributed by atoms with E-state index in [1.165, 1.54) is 5.56 Å². The van der Waals surface area contributed by atoms with Crippen LogP contribution in [0.2, 0.25) is 0 Å². The number of benzene rings is 1. The van der Waals surface area contributed by atoms with Crippen LogP contribution >= 0.6 is 15.9 Å². The van der Waals surface area contributed by atoms with E-state index in [1.54, 1.807) is 0 Å². The molecule has 0 bridgehead atoms. The molecular weight excluding hydrogens is 268 g/mol. The predicted octanol–water partition coefficient (Wildman–Crippen LogP) is 1.92. The van der Waals surface area contributed by atoms with Crippen LogP contribution in [0.4, 0.5) is 0 Å². The molecular formula is C11H11BrN4. The zero-order chi connectivity index (χ0) is 11.4. The van der Waals surface area contributed by atoms with Gasteiger partial charge in [0.25, 0.3) is 5.96 Å². The lowest BCUT2D eigenvalue weighted by Crippen LogP contribution is -2.48. The Bertz CT molecular complexity index is 422. The van der Waals surface area contributed by atoms with Crippen LogP contribution in [0.15, 0.2) is 33.8 Å². The molecule has 1 saturated heterocycles. The Kier molecular flexibility index (Phi) is 3.42. The standard InChI is InChI=1S/C11H11BrN4/c1-13-16-11-14-6-9(7-15-11)8-2-4-10(12)5-3-8/h2-5,9H,6-7H2,(H2,14,15,16). The molecule has 1 heterocycles. The molecule has 16 heavy (non-hydrogen) atoms. The Labute approximate surface area is 103 Å². The lowest BCUT2D eigenvalue weighted by Gasteiger charge is -2.24. The molecule has 0 aromatic heterocycles. The molecule has 1 aromatic carbocycles. The molecule has 82 valence electrons. The second-order valence-electron chi connectivity index (χ2n) is 3.56. The first kappa shape index (κ1) is 11.0. The zero-order valence-corrected chi connectivity index (χ0v) is 10.2. The molecule has 0 aliphatic carbocycles. The number of rotatable bonds is 1. The van der Waals surface area contributed by atoms with E-state index in [2.05, 4.69) is 48.8 Å². The molecule has 4 nitrogen and oxygen atoms in total. The van der Waals surface area contributed by atoms with Crippen LogP contribution in [0.5, 0.6) is 0 Å². The summed E-state index contributed by atoms with van der Waals surface area (Å²) in [6.07, 6.45) is 0. The summed E-state index contributed by atoms with van der Waals surface area (Å²) in [5.41, 5.74) is 1.28. The van der Waals surface area contributed by atoms with Gasteiger partial charge < -0.3 is 10.6 Å². The first-order valence-corrected chi connectivity index (χ1v) is 5.76. The average Bonchev–Trinajstić information content (AvgIpc) is 2.32. The third kappa shape index (κ3) is 2.52. The number of halogens is 1. The van der Waals surface area contributed by atoms with Crippen LogP contribution in [0.25, 0.3) is 4.95 Å². The average molecular weight is 279 g/mol. The van der Waals surface area contributed by atoms with Crippen molar-refractivity contribution in [2.45, 2.75) is 5.92 Å². The van der Waals surface area contributed by atoms with Gasteiger partial charge in [0.2, 0.25) is 0 Å². The lowest BCUT2D eigenvalue weighted by atomic mass is 9.98. The smallest absolute Gasteiger partial charge is 0.277 e. The van der Waals surface area contributed by atoms with E-state index >= 15 is 0 Å².